The Labute approximate surface area is 125 Å². The fourth-order valence-corrected chi connectivity index (χ4v) is 2.59. The van der Waals surface area contributed by atoms with Crippen molar-refractivity contribution in [3.8, 4) is 0 Å². The number of likely N-dealkylation sites (tertiary alicyclic amines) is 1. The number of piperidine rings is 1. The summed E-state index contributed by atoms with van der Waals surface area (Å²) in [5, 5.41) is 0. The predicted octanol–water partition coefficient (Wildman–Crippen LogP) is 2.47. The number of halogens is 2. The Balaban J connectivity index is 0.00000200. The highest BCUT2D eigenvalue weighted by atomic mass is 35.5. The molecule has 0 bridgehead atoms. The smallest absolute Gasteiger partial charge is 0.232 e. The van der Waals surface area contributed by atoms with Gasteiger partial charge in [-0.3, -0.25) is 4.79 Å². The molecule has 0 spiro atoms. The van der Waals surface area contributed by atoms with Crippen molar-refractivity contribution in [2.45, 2.75) is 38.1 Å². The minimum atomic E-state index is -0.723. The van der Waals surface area contributed by atoms with Crippen molar-refractivity contribution in [1.29, 1.82) is 0 Å². The zero-order chi connectivity index (χ0) is 14.0. The number of amides is 1. The number of nitrogens with zero attached hydrogens (tertiary/aromatic N) is 1. The molecule has 0 radical (unpaired) electrons. The third kappa shape index (κ3) is 3.49. The van der Waals surface area contributed by atoms with E-state index in [2.05, 4.69) is 0 Å². The molecule has 1 aliphatic heterocycles. The van der Waals surface area contributed by atoms with E-state index in [-0.39, 0.29) is 30.2 Å². The molecule has 2 rings (SSSR count). The lowest BCUT2D eigenvalue weighted by molar-refractivity contribution is -0.137. The molecule has 1 unspecified atom stereocenters. The van der Waals surface area contributed by atoms with Crippen molar-refractivity contribution in [2.75, 3.05) is 13.1 Å². The number of rotatable bonds is 2. The molecule has 0 saturated carbocycles. The molecular weight excluding hydrogens is 279 g/mol. The molecule has 1 aromatic rings. The first-order valence-electron chi connectivity index (χ1n) is 6.72. The summed E-state index contributed by atoms with van der Waals surface area (Å²) in [5.41, 5.74) is 5.90. The van der Waals surface area contributed by atoms with Crippen LogP contribution in [0.25, 0.3) is 0 Å². The van der Waals surface area contributed by atoms with Gasteiger partial charge in [-0.15, -0.1) is 12.4 Å². The van der Waals surface area contributed by atoms with Crippen LogP contribution < -0.4 is 5.73 Å². The number of carbonyl (C=O) groups is 1. The molecule has 1 saturated heterocycles. The third-order valence-corrected chi connectivity index (χ3v) is 3.83. The van der Waals surface area contributed by atoms with Crippen LogP contribution in [0.5, 0.6) is 0 Å². The van der Waals surface area contributed by atoms with Crippen LogP contribution in [-0.2, 0) is 10.2 Å². The first-order chi connectivity index (χ1) is 8.91. The summed E-state index contributed by atoms with van der Waals surface area (Å²) in [7, 11) is 0. The largest absolute Gasteiger partial charge is 0.340 e. The van der Waals surface area contributed by atoms with Gasteiger partial charge in [0.15, 0.2) is 0 Å². The van der Waals surface area contributed by atoms with E-state index >= 15 is 0 Å². The molecule has 20 heavy (non-hydrogen) atoms. The Morgan fingerprint density at radius 2 is 2.15 bits per heavy atom. The van der Waals surface area contributed by atoms with Gasteiger partial charge in [-0.2, -0.15) is 0 Å². The summed E-state index contributed by atoms with van der Waals surface area (Å²) >= 11 is 0. The maximum Gasteiger partial charge on any atom is 0.232 e. The van der Waals surface area contributed by atoms with Gasteiger partial charge in [-0.1, -0.05) is 12.1 Å². The van der Waals surface area contributed by atoms with Crippen LogP contribution in [0.1, 0.15) is 32.3 Å². The molecule has 1 heterocycles. The van der Waals surface area contributed by atoms with Gasteiger partial charge in [0.05, 0.1) is 5.41 Å². The van der Waals surface area contributed by atoms with Gasteiger partial charge < -0.3 is 10.6 Å². The third-order valence-electron chi connectivity index (χ3n) is 3.83. The zero-order valence-electron chi connectivity index (χ0n) is 11.9. The van der Waals surface area contributed by atoms with Crippen molar-refractivity contribution in [3.63, 3.8) is 0 Å². The van der Waals surface area contributed by atoms with E-state index in [1.807, 2.05) is 13.8 Å². The number of hydrogen-bond acceptors (Lipinski definition) is 2. The van der Waals surface area contributed by atoms with Crippen molar-refractivity contribution < 1.29 is 9.18 Å². The number of carbonyl (C=O) groups excluding carboxylic acids is 1. The molecule has 112 valence electrons. The molecule has 1 atom stereocenters. The molecule has 5 heteroatoms. The fourth-order valence-electron chi connectivity index (χ4n) is 2.59. The van der Waals surface area contributed by atoms with Gasteiger partial charge in [0, 0.05) is 19.1 Å². The summed E-state index contributed by atoms with van der Waals surface area (Å²) in [4.78, 5) is 14.4. The highest BCUT2D eigenvalue weighted by Crippen LogP contribution is 2.27. The van der Waals surface area contributed by atoms with Gasteiger partial charge in [0.2, 0.25) is 5.91 Å². The standard InChI is InChI=1S/C15H21FN2O.ClH/c1-15(2,11-5-3-6-12(16)9-11)14(19)18-8-4-7-13(17)10-18;/h3,5-6,9,13H,4,7-8,10,17H2,1-2H3;1H. The van der Waals surface area contributed by atoms with Crippen LogP contribution in [0.2, 0.25) is 0 Å². The Kier molecular flexibility index (Phi) is 5.54. The second kappa shape index (κ2) is 6.55. The Morgan fingerprint density at radius 1 is 1.45 bits per heavy atom. The molecule has 1 fully saturated rings. The maximum absolute atomic E-state index is 13.3. The number of nitrogens with two attached hydrogens (primary N) is 1. The normalized spacial score (nSPS) is 19.4. The van der Waals surface area contributed by atoms with Crippen molar-refractivity contribution >= 4 is 18.3 Å². The van der Waals surface area contributed by atoms with E-state index in [1.54, 1.807) is 17.0 Å². The van der Waals surface area contributed by atoms with E-state index in [4.69, 9.17) is 5.73 Å². The minimum absolute atomic E-state index is 0. The zero-order valence-corrected chi connectivity index (χ0v) is 12.8. The predicted molar refractivity (Wildman–Crippen MR) is 80.5 cm³/mol. The molecule has 1 amide bonds. The average molecular weight is 301 g/mol. The summed E-state index contributed by atoms with van der Waals surface area (Å²) < 4.78 is 13.3. The number of benzene rings is 1. The Hall–Kier alpha value is -1.13. The summed E-state index contributed by atoms with van der Waals surface area (Å²) in [6.45, 7) is 5.01. The van der Waals surface area contributed by atoms with Crippen LogP contribution in [0.4, 0.5) is 4.39 Å². The van der Waals surface area contributed by atoms with Crippen LogP contribution in [-0.4, -0.2) is 29.9 Å². The lowest BCUT2D eigenvalue weighted by atomic mass is 9.82. The molecule has 1 aromatic carbocycles. The van der Waals surface area contributed by atoms with Crippen LogP contribution in [0.3, 0.4) is 0 Å². The fraction of sp³-hybridized carbons (Fsp3) is 0.533. The average Bonchev–Trinajstić information content (AvgIpc) is 2.38. The van der Waals surface area contributed by atoms with E-state index in [0.717, 1.165) is 19.4 Å². The minimum Gasteiger partial charge on any atom is -0.340 e. The highest BCUT2D eigenvalue weighted by Gasteiger charge is 2.35. The lowest BCUT2D eigenvalue weighted by Gasteiger charge is -2.36. The second-order valence-corrected chi connectivity index (χ2v) is 5.79. The molecule has 0 aliphatic carbocycles. The van der Waals surface area contributed by atoms with Gasteiger partial charge >= 0.3 is 0 Å². The second-order valence-electron chi connectivity index (χ2n) is 5.79. The van der Waals surface area contributed by atoms with Gasteiger partial charge in [-0.05, 0) is 44.4 Å². The summed E-state index contributed by atoms with van der Waals surface area (Å²) in [6.07, 6.45) is 1.90. The van der Waals surface area contributed by atoms with Gasteiger partial charge in [0.25, 0.3) is 0 Å². The van der Waals surface area contributed by atoms with E-state index in [9.17, 15) is 9.18 Å². The molecule has 2 N–H and O–H groups in total. The number of hydrogen-bond donors (Lipinski definition) is 1. The molecule has 1 aliphatic rings. The SMILES string of the molecule is CC(C)(C(=O)N1CCCC(N)C1)c1cccc(F)c1.Cl. The molecule has 0 aromatic heterocycles. The first kappa shape index (κ1) is 16.9. The Bertz CT molecular complexity index is 479. The van der Waals surface area contributed by atoms with Crippen LogP contribution in [0, 0.1) is 5.82 Å². The van der Waals surface area contributed by atoms with Gasteiger partial charge in [-0.25, -0.2) is 4.39 Å². The van der Waals surface area contributed by atoms with Crippen molar-refractivity contribution in [1.82, 2.24) is 4.90 Å². The topological polar surface area (TPSA) is 46.3 Å². The van der Waals surface area contributed by atoms with E-state index in [0.29, 0.717) is 12.1 Å². The monoisotopic (exact) mass is 300 g/mol. The lowest BCUT2D eigenvalue weighted by Crippen LogP contribution is -2.51. The van der Waals surface area contributed by atoms with Gasteiger partial charge in [0.1, 0.15) is 5.82 Å². The van der Waals surface area contributed by atoms with Crippen molar-refractivity contribution in [2.24, 2.45) is 5.73 Å². The van der Waals surface area contributed by atoms with E-state index in [1.165, 1.54) is 12.1 Å². The maximum atomic E-state index is 13.3. The van der Waals surface area contributed by atoms with Crippen LogP contribution >= 0.6 is 12.4 Å². The summed E-state index contributed by atoms with van der Waals surface area (Å²) in [5.74, 6) is -0.290. The van der Waals surface area contributed by atoms with Crippen molar-refractivity contribution in [3.05, 3.63) is 35.6 Å². The Morgan fingerprint density at radius 3 is 2.75 bits per heavy atom. The molecule has 3 nitrogen and oxygen atoms in total. The summed E-state index contributed by atoms with van der Waals surface area (Å²) in [6, 6.07) is 6.32. The molecular formula is C15H22ClFN2O. The van der Waals surface area contributed by atoms with Crippen LogP contribution in [0.15, 0.2) is 24.3 Å². The van der Waals surface area contributed by atoms with E-state index < -0.39 is 5.41 Å². The highest BCUT2D eigenvalue weighted by molar-refractivity contribution is 5.87. The first-order valence-corrected chi connectivity index (χ1v) is 6.72. The quantitative estimate of drug-likeness (QED) is 0.912.